The van der Waals surface area contributed by atoms with Crippen LogP contribution < -0.4 is 4.87 Å². The van der Waals surface area contributed by atoms with Crippen LogP contribution in [0.4, 0.5) is 13.2 Å². The zero-order valence-electron chi connectivity index (χ0n) is 6.68. The second-order valence-corrected chi connectivity index (χ2v) is 3.74. The highest BCUT2D eigenvalue weighted by Gasteiger charge is 2.30. The van der Waals surface area contributed by atoms with Gasteiger partial charge in [-0.15, -0.1) is 0 Å². The summed E-state index contributed by atoms with van der Waals surface area (Å²) in [5, 5.41) is 0. The first-order valence-electron chi connectivity index (χ1n) is 3.67. The minimum absolute atomic E-state index is 0.324. The Kier molecular flexibility index (Phi) is 1.88. The van der Waals surface area contributed by atoms with Crippen LogP contribution in [0, 0.1) is 0 Å². The number of benzene rings is 1. The lowest BCUT2D eigenvalue weighted by molar-refractivity contribution is -0.137. The van der Waals surface area contributed by atoms with E-state index in [1.807, 2.05) is 0 Å². The predicted molar refractivity (Wildman–Crippen MR) is 47.4 cm³/mol. The third-order valence-corrected chi connectivity index (χ3v) is 2.59. The molecular weight excluding hydrogens is 215 g/mol. The maximum absolute atomic E-state index is 12.2. The van der Waals surface area contributed by atoms with Crippen molar-refractivity contribution in [3.8, 4) is 0 Å². The topological polar surface area (TPSA) is 32.9 Å². The van der Waals surface area contributed by atoms with Gasteiger partial charge in [-0.05, 0) is 18.2 Å². The monoisotopic (exact) mass is 219 g/mol. The van der Waals surface area contributed by atoms with Crippen LogP contribution in [0.15, 0.2) is 23.0 Å². The zero-order valence-corrected chi connectivity index (χ0v) is 7.50. The third-order valence-electron chi connectivity index (χ3n) is 1.75. The highest BCUT2D eigenvalue weighted by Crippen LogP contribution is 2.31. The number of rotatable bonds is 0. The Morgan fingerprint density at radius 3 is 2.64 bits per heavy atom. The standard InChI is InChI=1S/C8H4F3NOS/c9-8(10,11)4-1-2-5-6(3-4)14-7(13)12-5/h1-3H,(H,12,13). The van der Waals surface area contributed by atoms with Crippen molar-refractivity contribution in [2.45, 2.75) is 6.18 Å². The fourth-order valence-electron chi connectivity index (χ4n) is 1.12. The lowest BCUT2D eigenvalue weighted by atomic mass is 10.2. The Bertz CT molecular complexity index is 525. The molecule has 0 saturated heterocycles. The van der Waals surface area contributed by atoms with Crippen molar-refractivity contribution in [3.63, 3.8) is 0 Å². The highest BCUT2D eigenvalue weighted by molar-refractivity contribution is 7.16. The van der Waals surface area contributed by atoms with Crippen LogP contribution in [0.25, 0.3) is 10.2 Å². The number of nitrogens with one attached hydrogen (secondary N) is 1. The average Bonchev–Trinajstić information content (AvgIpc) is 2.41. The molecule has 1 aromatic heterocycles. The van der Waals surface area contributed by atoms with Crippen molar-refractivity contribution < 1.29 is 13.2 Å². The fraction of sp³-hybridized carbons (Fsp3) is 0.125. The minimum atomic E-state index is -4.36. The number of thiazole rings is 1. The van der Waals surface area contributed by atoms with Crippen LogP contribution >= 0.6 is 11.3 Å². The van der Waals surface area contributed by atoms with Crippen LogP contribution in [-0.2, 0) is 6.18 Å². The van der Waals surface area contributed by atoms with E-state index < -0.39 is 11.7 Å². The Morgan fingerprint density at radius 2 is 2.00 bits per heavy atom. The molecule has 1 heterocycles. The molecule has 0 spiro atoms. The van der Waals surface area contributed by atoms with Gasteiger partial charge in [0.2, 0.25) is 0 Å². The maximum atomic E-state index is 12.2. The quantitative estimate of drug-likeness (QED) is 0.725. The second kappa shape index (κ2) is 2.84. The van der Waals surface area contributed by atoms with Gasteiger partial charge in [0.25, 0.3) is 0 Å². The van der Waals surface area contributed by atoms with E-state index in [4.69, 9.17) is 0 Å². The largest absolute Gasteiger partial charge is 0.416 e. The summed E-state index contributed by atoms with van der Waals surface area (Å²) in [5.41, 5.74) is -0.298. The Balaban J connectivity index is 2.67. The SMILES string of the molecule is O=c1[nH]c2ccc(C(F)(F)F)cc2s1. The van der Waals surface area contributed by atoms with Gasteiger partial charge in [-0.25, -0.2) is 0 Å². The summed E-state index contributed by atoms with van der Waals surface area (Å²) < 4.78 is 37.0. The molecule has 0 amide bonds. The number of aromatic amines is 1. The molecule has 1 aromatic carbocycles. The van der Waals surface area contributed by atoms with Crippen LogP contribution in [0.5, 0.6) is 0 Å². The van der Waals surface area contributed by atoms with Gasteiger partial charge < -0.3 is 4.98 Å². The zero-order chi connectivity index (χ0) is 10.3. The van der Waals surface area contributed by atoms with Crippen LogP contribution in [0.3, 0.4) is 0 Å². The molecule has 2 nitrogen and oxygen atoms in total. The van der Waals surface area contributed by atoms with Gasteiger partial charge in [-0.2, -0.15) is 13.2 Å². The predicted octanol–water partition coefficient (Wildman–Crippen LogP) is 2.61. The summed E-state index contributed by atoms with van der Waals surface area (Å²) in [4.78, 5) is 12.9. The van der Waals surface area contributed by atoms with Gasteiger partial charge >= 0.3 is 11.0 Å². The Hall–Kier alpha value is -1.30. The molecule has 0 unspecified atom stereocenters. The number of alkyl halides is 3. The fourth-order valence-corrected chi connectivity index (χ4v) is 1.90. The van der Waals surface area contributed by atoms with Gasteiger partial charge in [-0.1, -0.05) is 11.3 Å². The molecule has 0 aliphatic rings. The van der Waals surface area contributed by atoms with E-state index in [0.717, 1.165) is 23.5 Å². The molecule has 2 rings (SSSR count). The number of H-pyrrole nitrogens is 1. The lowest BCUT2D eigenvalue weighted by Crippen LogP contribution is -2.03. The van der Waals surface area contributed by atoms with Crippen molar-refractivity contribution in [2.24, 2.45) is 0 Å². The summed E-state index contributed by atoms with van der Waals surface area (Å²) in [5.74, 6) is 0. The van der Waals surface area contributed by atoms with Crippen LogP contribution in [-0.4, -0.2) is 4.98 Å². The number of hydrogen-bond donors (Lipinski definition) is 1. The smallest absolute Gasteiger partial charge is 0.312 e. The van der Waals surface area contributed by atoms with Gasteiger partial charge in [0.05, 0.1) is 15.8 Å². The van der Waals surface area contributed by atoms with Crippen molar-refractivity contribution in [1.82, 2.24) is 4.98 Å². The van der Waals surface area contributed by atoms with Crippen LogP contribution in [0.2, 0.25) is 0 Å². The number of fused-ring (bicyclic) bond motifs is 1. The second-order valence-electron chi connectivity index (χ2n) is 2.72. The molecule has 0 aliphatic carbocycles. The Morgan fingerprint density at radius 1 is 1.29 bits per heavy atom. The summed E-state index contributed by atoms with van der Waals surface area (Å²) in [6.07, 6.45) is -4.36. The number of hydrogen-bond acceptors (Lipinski definition) is 2. The molecule has 0 aliphatic heterocycles. The molecular formula is C8H4F3NOS. The van der Waals surface area contributed by atoms with Crippen molar-refractivity contribution >= 4 is 21.6 Å². The first kappa shape index (κ1) is 9.26. The molecule has 0 fully saturated rings. The molecule has 2 aromatic rings. The van der Waals surface area contributed by atoms with Crippen LogP contribution in [0.1, 0.15) is 5.56 Å². The summed E-state index contributed by atoms with van der Waals surface area (Å²) in [7, 11) is 0. The molecule has 14 heavy (non-hydrogen) atoms. The molecule has 0 saturated carbocycles. The normalized spacial score (nSPS) is 12.2. The highest BCUT2D eigenvalue weighted by atomic mass is 32.1. The van der Waals surface area contributed by atoms with E-state index in [2.05, 4.69) is 4.98 Å². The van der Waals surface area contributed by atoms with Crippen molar-refractivity contribution in [2.75, 3.05) is 0 Å². The number of halogens is 3. The summed E-state index contributed by atoms with van der Waals surface area (Å²) >= 11 is 0.771. The van der Waals surface area contributed by atoms with E-state index in [1.165, 1.54) is 6.07 Å². The van der Waals surface area contributed by atoms with E-state index in [-0.39, 0.29) is 4.87 Å². The van der Waals surface area contributed by atoms with E-state index >= 15 is 0 Å². The Labute approximate surface area is 80.0 Å². The third kappa shape index (κ3) is 1.52. The molecule has 0 atom stereocenters. The van der Waals surface area contributed by atoms with E-state index in [1.54, 1.807) is 0 Å². The molecule has 1 N–H and O–H groups in total. The lowest BCUT2D eigenvalue weighted by Gasteiger charge is -2.04. The molecule has 0 bridgehead atoms. The van der Waals surface area contributed by atoms with Crippen molar-refractivity contribution in [1.29, 1.82) is 0 Å². The van der Waals surface area contributed by atoms with Gasteiger partial charge in [-0.3, -0.25) is 4.79 Å². The van der Waals surface area contributed by atoms with E-state index in [0.29, 0.717) is 10.2 Å². The molecule has 0 radical (unpaired) electrons. The summed E-state index contributed by atoms with van der Waals surface area (Å²) in [6, 6.07) is 3.18. The van der Waals surface area contributed by atoms with E-state index in [9.17, 15) is 18.0 Å². The average molecular weight is 219 g/mol. The first-order chi connectivity index (χ1) is 6.47. The minimum Gasteiger partial charge on any atom is -0.312 e. The van der Waals surface area contributed by atoms with Gasteiger partial charge in [0, 0.05) is 0 Å². The number of aromatic nitrogens is 1. The van der Waals surface area contributed by atoms with Gasteiger partial charge in [0.1, 0.15) is 0 Å². The molecule has 74 valence electrons. The summed E-state index contributed by atoms with van der Waals surface area (Å²) in [6.45, 7) is 0. The first-order valence-corrected chi connectivity index (χ1v) is 4.48. The van der Waals surface area contributed by atoms with Crippen molar-refractivity contribution in [3.05, 3.63) is 33.4 Å². The maximum Gasteiger partial charge on any atom is 0.416 e. The molecule has 6 heteroatoms. The van der Waals surface area contributed by atoms with Gasteiger partial charge in [0.15, 0.2) is 0 Å².